The molecule has 0 fully saturated rings. The summed E-state index contributed by atoms with van der Waals surface area (Å²) in [7, 11) is -4.20. The lowest BCUT2D eigenvalue weighted by atomic mass is 10.0. The van der Waals surface area contributed by atoms with Crippen molar-refractivity contribution in [2.24, 2.45) is 0 Å². The van der Waals surface area contributed by atoms with Crippen LogP contribution in [0, 0.1) is 13.8 Å². The first-order valence-electron chi connectivity index (χ1n) is 15.1. The molecule has 10 heteroatoms. The van der Waals surface area contributed by atoms with E-state index >= 15 is 0 Å². The van der Waals surface area contributed by atoms with Crippen molar-refractivity contribution in [1.29, 1.82) is 0 Å². The van der Waals surface area contributed by atoms with Crippen molar-refractivity contribution >= 4 is 50.7 Å². The maximum absolute atomic E-state index is 14.6. The van der Waals surface area contributed by atoms with Crippen LogP contribution < -0.4 is 9.62 Å². The first-order valence-corrected chi connectivity index (χ1v) is 17.3. The third-order valence-corrected chi connectivity index (χ3v) is 10.3. The Morgan fingerprint density at radius 1 is 0.826 bits per heavy atom. The number of nitrogens with zero attached hydrogens (tertiary/aromatic N) is 2. The average Bonchev–Trinajstić information content (AvgIpc) is 3.02. The Balaban J connectivity index is 1.86. The van der Waals surface area contributed by atoms with E-state index in [0.29, 0.717) is 27.7 Å². The van der Waals surface area contributed by atoms with Crippen molar-refractivity contribution in [3.05, 3.63) is 129 Å². The number of hydrogen-bond acceptors (Lipinski definition) is 4. The molecule has 4 rings (SSSR count). The van der Waals surface area contributed by atoms with E-state index in [2.05, 4.69) is 5.32 Å². The Morgan fingerprint density at radius 2 is 1.39 bits per heavy atom. The van der Waals surface area contributed by atoms with Crippen LogP contribution in [0.1, 0.15) is 42.5 Å². The van der Waals surface area contributed by atoms with Gasteiger partial charge in [0, 0.05) is 34.6 Å². The Morgan fingerprint density at radius 3 is 1.96 bits per heavy atom. The number of benzene rings is 4. The molecule has 0 heterocycles. The van der Waals surface area contributed by atoms with E-state index in [1.54, 1.807) is 48.5 Å². The summed E-state index contributed by atoms with van der Waals surface area (Å²) in [6, 6.07) is 26.6. The van der Waals surface area contributed by atoms with Gasteiger partial charge in [0.2, 0.25) is 11.8 Å². The first-order chi connectivity index (χ1) is 21.9. The molecule has 4 aromatic rings. The van der Waals surface area contributed by atoms with Gasteiger partial charge < -0.3 is 10.2 Å². The summed E-state index contributed by atoms with van der Waals surface area (Å²) in [5, 5.41) is 3.68. The van der Waals surface area contributed by atoms with Gasteiger partial charge in [0.25, 0.3) is 10.0 Å². The van der Waals surface area contributed by atoms with Crippen LogP contribution in [0.3, 0.4) is 0 Å². The van der Waals surface area contributed by atoms with Crippen LogP contribution in [-0.2, 0) is 32.6 Å². The normalized spacial score (nSPS) is 12.7. The summed E-state index contributed by atoms with van der Waals surface area (Å²) in [5.74, 6) is -0.950. The summed E-state index contributed by atoms with van der Waals surface area (Å²) in [5.41, 5.74) is 3.31. The fraction of sp³-hybridized carbons (Fsp3) is 0.278. The minimum Gasteiger partial charge on any atom is -0.352 e. The number of nitrogens with one attached hydrogen (secondary N) is 1. The molecule has 2 atom stereocenters. The van der Waals surface area contributed by atoms with Gasteiger partial charge in [-0.1, -0.05) is 90.8 Å². The van der Waals surface area contributed by atoms with Crippen LogP contribution in [0.4, 0.5) is 5.69 Å². The molecule has 7 nitrogen and oxygen atoms in total. The van der Waals surface area contributed by atoms with E-state index < -0.39 is 28.5 Å². The molecule has 242 valence electrons. The van der Waals surface area contributed by atoms with Gasteiger partial charge in [-0.15, -0.1) is 0 Å². The van der Waals surface area contributed by atoms with E-state index in [0.717, 1.165) is 21.0 Å². The number of carbonyl (C=O) groups is 2. The molecule has 0 aliphatic rings. The molecule has 0 saturated heterocycles. The number of aryl methyl sites for hydroxylation is 2. The minimum atomic E-state index is -4.20. The van der Waals surface area contributed by atoms with Crippen LogP contribution in [0.15, 0.2) is 102 Å². The van der Waals surface area contributed by atoms with Gasteiger partial charge in [0.05, 0.1) is 10.6 Å². The zero-order valence-corrected chi connectivity index (χ0v) is 28.7. The van der Waals surface area contributed by atoms with E-state index in [4.69, 9.17) is 23.2 Å². The molecule has 1 N–H and O–H groups in total. The predicted molar refractivity (Wildman–Crippen MR) is 186 cm³/mol. The number of hydrogen-bond donors (Lipinski definition) is 1. The largest absolute Gasteiger partial charge is 0.352 e. The number of sulfonamides is 1. The molecule has 0 radical (unpaired) electrons. The molecule has 0 bridgehead atoms. The fourth-order valence-electron chi connectivity index (χ4n) is 5.19. The van der Waals surface area contributed by atoms with Crippen molar-refractivity contribution < 1.29 is 18.0 Å². The predicted octanol–water partition coefficient (Wildman–Crippen LogP) is 7.36. The maximum atomic E-state index is 14.6. The van der Waals surface area contributed by atoms with E-state index in [1.807, 2.05) is 64.1 Å². The second-order valence-electron chi connectivity index (χ2n) is 11.4. The summed E-state index contributed by atoms with van der Waals surface area (Å²) in [4.78, 5) is 30.1. The second kappa shape index (κ2) is 15.6. The molecule has 2 amide bonds. The number of amides is 2. The molecule has 0 aromatic heterocycles. The maximum Gasteiger partial charge on any atom is 0.264 e. The lowest BCUT2D eigenvalue weighted by molar-refractivity contribution is -0.140. The van der Waals surface area contributed by atoms with Crippen LogP contribution in [0.5, 0.6) is 0 Å². The standard InChI is InChI=1S/C36H39Cl2N3O4S/c1-5-27(4)39-36(43)34(22-28-13-8-6-9-14-28)40(23-31-32(37)17-12-18-33(31)38)35(42)24-41(29-20-25(2)19-26(3)21-29)46(44,45)30-15-10-7-11-16-30/h6-21,27,34H,5,22-24H2,1-4H3,(H,39,43). The highest BCUT2D eigenvalue weighted by atomic mass is 35.5. The van der Waals surface area contributed by atoms with Crippen molar-refractivity contribution in [1.82, 2.24) is 10.2 Å². The first kappa shape index (κ1) is 35.0. The summed E-state index contributed by atoms with van der Waals surface area (Å²) < 4.78 is 29.5. The monoisotopic (exact) mass is 679 g/mol. The number of anilines is 1. The van der Waals surface area contributed by atoms with Gasteiger partial charge in [0.1, 0.15) is 12.6 Å². The lowest BCUT2D eigenvalue weighted by Crippen LogP contribution is -2.54. The Hall–Kier alpha value is -3.85. The number of rotatable bonds is 13. The average molecular weight is 681 g/mol. The van der Waals surface area contributed by atoms with Gasteiger partial charge in [-0.25, -0.2) is 8.42 Å². The molecule has 0 aliphatic heterocycles. The fourth-order valence-corrected chi connectivity index (χ4v) is 7.13. The highest BCUT2D eigenvalue weighted by Gasteiger charge is 2.35. The van der Waals surface area contributed by atoms with Crippen LogP contribution in [0.25, 0.3) is 0 Å². The summed E-state index contributed by atoms with van der Waals surface area (Å²) >= 11 is 13.2. The molecule has 0 saturated carbocycles. The van der Waals surface area contributed by atoms with Crippen LogP contribution in [0.2, 0.25) is 10.0 Å². The molecule has 0 aliphatic carbocycles. The van der Waals surface area contributed by atoms with Crippen molar-refractivity contribution in [2.45, 2.75) is 64.1 Å². The summed E-state index contributed by atoms with van der Waals surface area (Å²) in [6.07, 6.45) is 0.871. The van der Waals surface area contributed by atoms with Gasteiger partial charge >= 0.3 is 0 Å². The lowest BCUT2D eigenvalue weighted by Gasteiger charge is -2.34. The molecular weight excluding hydrogens is 641 g/mol. The van der Waals surface area contributed by atoms with Gasteiger partial charge in [-0.05, 0) is 80.3 Å². The number of halogens is 2. The third kappa shape index (κ3) is 8.69. The zero-order valence-electron chi connectivity index (χ0n) is 26.4. The van der Waals surface area contributed by atoms with Gasteiger partial charge in [-0.2, -0.15) is 0 Å². The SMILES string of the molecule is CCC(C)NC(=O)C(Cc1ccccc1)N(Cc1c(Cl)cccc1Cl)C(=O)CN(c1cc(C)cc(C)c1)S(=O)(=O)c1ccccc1. The summed E-state index contributed by atoms with van der Waals surface area (Å²) in [6.45, 7) is 6.90. The second-order valence-corrected chi connectivity index (χ2v) is 14.1. The van der Waals surface area contributed by atoms with Gasteiger partial charge in [0.15, 0.2) is 0 Å². The third-order valence-electron chi connectivity index (χ3n) is 7.77. The minimum absolute atomic E-state index is 0.0398. The van der Waals surface area contributed by atoms with Gasteiger partial charge in [-0.3, -0.25) is 13.9 Å². The van der Waals surface area contributed by atoms with E-state index in [1.165, 1.54) is 17.0 Å². The van der Waals surface area contributed by atoms with Crippen molar-refractivity contribution in [3.8, 4) is 0 Å². The quantitative estimate of drug-likeness (QED) is 0.160. The zero-order chi connectivity index (χ0) is 33.4. The van der Waals surface area contributed by atoms with Crippen molar-refractivity contribution in [3.63, 3.8) is 0 Å². The highest BCUT2D eigenvalue weighted by molar-refractivity contribution is 7.92. The smallest absolute Gasteiger partial charge is 0.264 e. The Labute approximate surface area is 282 Å². The highest BCUT2D eigenvalue weighted by Crippen LogP contribution is 2.30. The topological polar surface area (TPSA) is 86.8 Å². The Bertz CT molecular complexity index is 1730. The molecule has 4 aromatic carbocycles. The molecule has 0 spiro atoms. The van der Waals surface area contributed by atoms with E-state index in [-0.39, 0.29) is 29.8 Å². The van der Waals surface area contributed by atoms with E-state index in [9.17, 15) is 18.0 Å². The molecule has 46 heavy (non-hydrogen) atoms. The van der Waals surface area contributed by atoms with Crippen LogP contribution >= 0.6 is 23.2 Å². The Kier molecular flexibility index (Phi) is 11.9. The van der Waals surface area contributed by atoms with Crippen molar-refractivity contribution in [2.75, 3.05) is 10.8 Å². The number of carbonyl (C=O) groups excluding carboxylic acids is 2. The molecular formula is C36H39Cl2N3O4S. The van der Waals surface area contributed by atoms with Crippen LogP contribution in [-0.4, -0.2) is 43.8 Å². The molecule has 2 unspecified atom stereocenters.